The SMILES string of the molecule is COC(CNO)OC. The first-order valence-electron chi connectivity index (χ1n) is 2.27. The van der Waals surface area contributed by atoms with Crippen molar-refractivity contribution in [3.63, 3.8) is 0 Å². The summed E-state index contributed by atoms with van der Waals surface area (Å²) in [7, 11) is 3.01. The molecule has 0 amide bonds. The molecule has 50 valence electrons. The monoisotopic (exact) mass is 121 g/mol. The highest BCUT2D eigenvalue weighted by molar-refractivity contribution is 4.38. The van der Waals surface area contributed by atoms with Crippen LogP contribution in [0.25, 0.3) is 0 Å². The van der Waals surface area contributed by atoms with E-state index in [9.17, 15) is 0 Å². The van der Waals surface area contributed by atoms with Crippen LogP contribution >= 0.6 is 0 Å². The molecule has 8 heavy (non-hydrogen) atoms. The average molecular weight is 121 g/mol. The van der Waals surface area contributed by atoms with Crippen LogP contribution < -0.4 is 5.48 Å². The number of methoxy groups -OCH3 is 2. The van der Waals surface area contributed by atoms with Gasteiger partial charge in [-0.25, -0.2) is 5.48 Å². The summed E-state index contributed by atoms with van der Waals surface area (Å²) in [6.07, 6.45) is -0.361. The standard InChI is InChI=1S/C4H11NO3/c1-7-4(8-2)3-5-6/h4-6H,3H2,1-2H3. The number of hydrogen-bond donors (Lipinski definition) is 2. The van der Waals surface area contributed by atoms with Crippen molar-refractivity contribution in [2.75, 3.05) is 20.8 Å². The van der Waals surface area contributed by atoms with Crippen LogP contribution in [0.1, 0.15) is 0 Å². The molecule has 4 heteroatoms. The molecule has 0 bridgehead atoms. The summed E-state index contributed by atoms with van der Waals surface area (Å²) in [6.45, 7) is 0.285. The van der Waals surface area contributed by atoms with E-state index >= 15 is 0 Å². The maximum Gasteiger partial charge on any atom is 0.171 e. The van der Waals surface area contributed by atoms with Crippen LogP contribution in [0.2, 0.25) is 0 Å². The fourth-order valence-electron chi connectivity index (χ4n) is 0.337. The largest absolute Gasteiger partial charge is 0.354 e. The predicted octanol–water partition coefficient (Wildman–Crippen LogP) is -0.416. The lowest BCUT2D eigenvalue weighted by Crippen LogP contribution is -2.27. The molecule has 0 spiro atoms. The zero-order valence-electron chi connectivity index (χ0n) is 5.05. The van der Waals surface area contributed by atoms with E-state index in [0.29, 0.717) is 0 Å². The molecule has 0 heterocycles. The minimum atomic E-state index is -0.361. The van der Waals surface area contributed by atoms with Gasteiger partial charge >= 0.3 is 0 Å². The number of hydrogen-bond acceptors (Lipinski definition) is 4. The minimum Gasteiger partial charge on any atom is -0.354 e. The molecular formula is C4H11NO3. The number of rotatable bonds is 4. The topological polar surface area (TPSA) is 50.7 Å². The predicted molar refractivity (Wildman–Crippen MR) is 27.6 cm³/mol. The lowest BCUT2D eigenvalue weighted by molar-refractivity contribution is -0.112. The number of nitrogens with one attached hydrogen (secondary N) is 1. The summed E-state index contributed by atoms with van der Waals surface area (Å²) in [6, 6.07) is 0. The van der Waals surface area contributed by atoms with Crippen LogP contribution in [0.5, 0.6) is 0 Å². The molecule has 0 unspecified atom stereocenters. The van der Waals surface area contributed by atoms with Crippen molar-refractivity contribution in [1.29, 1.82) is 0 Å². The molecule has 0 saturated heterocycles. The van der Waals surface area contributed by atoms with E-state index < -0.39 is 0 Å². The van der Waals surface area contributed by atoms with Crippen molar-refractivity contribution in [2.45, 2.75) is 6.29 Å². The van der Waals surface area contributed by atoms with Crippen molar-refractivity contribution < 1.29 is 14.7 Å². The van der Waals surface area contributed by atoms with Gasteiger partial charge in [-0.1, -0.05) is 0 Å². The van der Waals surface area contributed by atoms with Crippen molar-refractivity contribution in [2.24, 2.45) is 0 Å². The second-order valence-electron chi connectivity index (χ2n) is 1.26. The van der Waals surface area contributed by atoms with Crippen molar-refractivity contribution >= 4 is 0 Å². The third-order valence-corrected chi connectivity index (χ3v) is 0.784. The summed E-state index contributed by atoms with van der Waals surface area (Å²) in [5.74, 6) is 0. The Bertz CT molecular complexity index is 46.5. The Hall–Kier alpha value is -0.160. The second-order valence-corrected chi connectivity index (χ2v) is 1.26. The molecule has 0 aliphatic heterocycles. The van der Waals surface area contributed by atoms with E-state index in [-0.39, 0.29) is 12.8 Å². The minimum absolute atomic E-state index is 0.285. The van der Waals surface area contributed by atoms with Crippen LogP contribution in [-0.4, -0.2) is 32.3 Å². The van der Waals surface area contributed by atoms with Gasteiger partial charge in [0.05, 0.1) is 6.54 Å². The van der Waals surface area contributed by atoms with Crippen LogP contribution in [0, 0.1) is 0 Å². The van der Waals surface area contributed by atoms with Gasteiger partial charge in [-0.15, -0.1) is 0 Å². The molecule has 0 atom stereocenters. The lowest BCUT2D eigenvalue weighted by atomic mass is 10.6. The van der Waals surface area contributed by atoms with Gasteiger partial charge in [-0.2, -0.15) is 0 Å². The van der Waals surface area contributed by atoms with Crippen LogP contribution in [0.3, 0.4) is 0 Å². The average Bonchev–Trinajstić information content (AvgIpc) is 1.83. The summed E-state index contributed by atoms with van der Waals surface area (Å²) in [4.78, 5) is 0. The summed E-state index contributed by atoms with van der Waals surface area (Å²) < 4.78 is 9.39. The van der Waals surface area contributed by atoms with Gasteiger partial charge in [0.2, 0.25) is 0 Å². The molecule has 0 saturated carbocycles. The Morgan fingerprint density at radius 2 is 2.00 bits per heavy atom. The first-order valence-corrected chi connectivity index (χ1v) is 2.27. The van der Waals surface area contributed by atoms with Crippen LogP contribution in [-0.2, 0) is 9.47 Å². The first-order chi connectivity index (χ1) is 3.85. The molecule has 0 fully saturated rings. The molecular weight excluding hydrogens is 110 g/mol. The van der Waals surface area contributed by atoms with Crippen molar-refractivity contribution in [1.82, 2.24) is 5.48 Å². The normalized spacial score (nSPS) is 10.5. The Balaban J connectivity index is 3.07. The molecule has 0 aromatic rings. The summed E-state index contributed by atoms with van der Waals surface area (Å²) in [5.41, 5.74) is 1.92. The quantitative estimate of drug-likeness (QED) is 0.392. The number of hydroxylamine groups is 1. The zero-order chi connectivity index (χ0) is 6.41. The third-order valence-electron chi connectivity index (χ3n) is 0.784. The summed E-state index contributed by atoms with van der Waals surface area (Å²) >= 11 is 0. The Kier molecular flexibility index (Phi) is 4.89. The highest BCUT2D eigenvalue weighted by atomic mass is 16.7. The van der Waals surface area contributed by atoms with Gasteiger partial charge in [0.15, 0.2) is 6.29 Å². The van der Waals surface area contributed by atoms with Gasteiger partial charge in [0.1, 0.15) is 0 Å². The molecule has 0 rings (SSSR count). The van der Waals surface area contributed by atoms with E-state index in [1.165, 1.54) is 14.2 Å². The van der Waals surface area contributed by atoms with Gasteiger partial charge in [0.25, 0.3) is 0 Å². The Labute approximate surface area is 48.4 Å². The van der Waals surface area contributed by atoms with Gasteiger partial charge < -0.3 is 14.7 Å². The molecule has 0 aliphatic carbocycles. The van der Waals surface area contributed by atoms with Gasteiger partial charge in [0, 0.05) is 14.2 Å². The zero-order valence-corrected chi connectivity index (χ0v) is 5.05. The maximum atomic E-state index is 8.09. The first kappa shape index (κ1) is 7.84. The van der Waals surface area contributed by atoms with E-state index in [0.717, 1.165) is 0 Å². The third kappa shape index (κ3) is 2.92. The number of ether oxygens (including phenoxy) is 2. The lowest BCUT2D eigenvalue weighted by Gasteiger charge is -2.10. The van der Waals surface area contributed by atoms with E-state index in [1.54, 1.807) is 0 Å². The highest BCUT2D eigenvalue weighted by Gasteiger charge is 2.00. The molecule has 0 aromatic heterocycles. The highest BCUT2D eigenvalue weighted by Crippen LogP contribution is 1.84. The van der Waals surface area contributed by atoms with E-state index in [2.05, 4.69) is 0 Å². The second kappa shape index (κ2) is 4.99. The fourth-order valence-corrected chi connectivity index (χ4v) is 0.337. The van der Waals surface area contributed by atoms with E-state index in [1.807, 2.05) is 5.48 Å². The summed E-state index contributed by atoms with van der Waals surface area (Å²) in [5, 5.41) is 8.09. The molecule has 0 aromatic carbocycles. The Morgan fingerprint density at radius 1 is 1.50 bits per heavy atom. The van der Waals surface area contributed by atoms with E-state index in [4.69, 9.17) is 14.7 Å². The van der Waals surface area contributed by atoms with Crippen molar-refractivity contribution in [3.05, 3.63) is 0 Å². The molecule has 4 nitrogen and oxygen atoms in total. The fraction of sp³-hybridized carbons (Fsp3) is 1.00. The molecule has 0 radical (unpaired) electrons. The van der Waals surface area contributed by atoms with Crippen molar-refractivity contribution in [3.8, 4) is 0 Å². The maximum absolute atomic E-state index is 8.09. The van der Waals surface area contributed by atoms with Gasteiger partial charge in [-0.05, 0) is 0 Å². The Morgan fingerprint density at radius 3 is 2.12 bits per heavy atom. The molecule has 2 N–H and O–H groups in total. The van der Waals surface area contributed by atoms with Crippen LogP contribution in [0.15, 0.2) is 0 Å². The molecule has 0 aliphatic rings. The van der Waals surface area contributed by atoms with Gasteiger partial charge in [-0.3, -0.25) is 0 Å². The smallest absolute Gasteiger partial charge is 0.171 e. The van der Waals surface area contributed by atoms with Crippen LogP contribution in [0.4, 0.5) is 0 Å².